The fourth-order valence-electron chi connectivity index (χ4n) is 3.80. The molecule has 5 rings (SSSR count). The third-order valence-corrected chi connectivity index (χ3v) is 5.36. The monoisotopic (exact) mass is 410 g/mol. The van der Waals surface area contributed by atoms with Crippen LogP contribution in [0.5, 0.6) is 5.75 Å². The normalized spacial score (nSPS) is 17.8. The van der Waals surface area contributed by atoms with E-state index in [1.165, 1.54) is 0 Å². The highest BCUT2D eigenvalue weighted by Crippen LogP contribution is 2.29. The summed E-state index contributed by atoms with van der Waals surface area (Å²) < 4.78 is 13.3. The van der Waals surface area contributed by atoms with Crippen molar-refractivity contribution in [2.45, 2.75) is 25.6 Å². The zero-order valence-corrected chi connectivity index (χ0v) is 16.4. The average Bonchev–Trinajstić information content (AvgIpc) is 3.14. The van der Waals surface area contributed by atoms with E-state index in [0.717, 1.165) is 28.5 Å². The van der Waals surface area contributed by atoms with Crippen molar-refractivity contribution in [1.82, 2.24) is 19.9 Å². The molecule has 29 heavy (non-hydrogen) atoms. The number of hydrogen-bond donors (Lipinski definition) is 1. The van der Waals surface area contributed by atoms with E-state index in [9.17, 15) is 4.79 Å². The van der Waals surface area contributed by atoms with Gasteiger partial charge in [0.25, 0.3) is 5.91 Å². The number of ether oxygens (including phenoxy) is 2. The Labute approximate surface area is 172 Å². The molecule has 0 saturated carbocycles. The Bertz CT molecular complexity index is 1070. The van der Waals surface area contributed by atoms with Crippen molar-refractivity contribution in [3.63, 3.8) is 0 Å². The van der Waals surface area contributed by atoms with Crippen LogP contribution in [0, 0.1) is 0 Å². The van der Waals surface area contributed by atoms with Gasteiger partial charge in [-0.15, -0.1) is 0 Å². The van der Waals surface area contributed by atoms with E-state index in [1.54, 1.807) is 12.3 Å². The quantitative estimate of drug-likeness (QED) is 0.718. The zero-order chi connectivity index (χ0) is 19.8. The fraction of sp³-hybridized carbons (Fsp3) is 0.286. The fourth-order valence-corrected chi connectivity index (χ4v) is 3.99. The third kappa shape index (κ3) is 3.47. The Kier molecular flexibility index (Phi) is 4.69. The molecule has 2 aromatic heterocycles. The van der Waals surface area contributed by atoms with Crippen LogP contribution in [0.3, 0.4) is 0 Å². The van der Waals surface area contributed by atoms with Gasteiger partial charge in [-0.2, -0.15) is 0 Å². The molecule has 2 aliphatic rings. The lowest BCUT2D eigenvalue weighted by molar-refractivity contribution is 0.0820. The van der Waals surface area contributed by atoms with Crippen molar-refractivity contribution < 1.29 is 14.3 Å². The number of pyridine rings is 1. The number of rotatable bonds is 3. The van der Waals surface area contributed by atoms with E-state index in [2.05, 4.69) is 15.3 Å². The third-order valence-electron chi connectivity index (χ3n) is 5.12. The lowest BCUT2D eigenvalue weighted by Gasteiger charge is -2.26. The number of carbonyl (C=O) groups excluding carboxylic acids is 1. The van der Waals surface area contributed by atoms with Crippen molar-refractivity contribution in [3.8, 4) is 17.1 Å². The minimum atomic E-state index is -0.244. The number of nitrogens with zero attached hydrogens (tertiary/aromatic N) is 3. The number of nitrogens with one attached hydrogen (secondary N) is 1. The SMILES string of the molecule is O=C(NC1COc2ccc(Cl)cc2C1)c1nc2n(c1-c1ccccn1)CCOC2. The summed E-state index contributed by atoms with van der Waals surface area (Å²) in [4.78, 5) is 22.2. The van der Waals surface area contributed by atoms with Gasteiger partial charge in [-0.25, -0.2) is 4.98 Å². The summed E-state index contributed by atoms with van der Waals surface area (Å²) in [6, 6.07) is 11.0. The maximum atomic E-state index is 13.2. The topological polar surface area (TPSA) is 78.3 Å². The first-order chi connectivity index (χ1) is 14.2. The molecule has 0 radical (unpaired) electrons. The molecule has 0 bridgehead atoms. The van der Waals surface area contributed by atoms with E-state index in [0.29, 0.717) is 43.5 Å². The van der Waals surface area contributed by atoms with Gasteiger partial charge < -0.3 is 19.4 Å². The number of imidazole rings is 1. The van der Waals surface area contributed by atoms with Crippen molar-refractivity contribution in [2.24, 2.45) is 0 Å². The molecule has 7 nitrogen and oxygen atoms in total. The van der Waals surface area contributed by atoms with E-state index < -0.39 is 0 Å². The van der Waals surface area contributed by atoms with Crippen molar-refractivity contribution in [2.75, 3.05) is 13.2 Å². The maximum Gasteiger partial charge on any atom is 0.272 e. The van der Waals surface area contributed by atoms with Gasteiger partial charge in [0.2, 0.25) is 0 Å². The minimum absolute atomic E-state index is 0.167. The molecule has 1 unspecified atom stereocenters. The summed E-state index contributed by atoms with van der Waals surface area (Å²) >= 11 is 6.10. The standard InChI is InChI=1S/C21H19ClN4O3/c22-14-4-5-17-13(9-14)10-15(11-29-17)24-21(27)19-20(16-3-1-2-6-23-16)26-7-8-28-12-18(26)25-19/h1-6,9,15H,7-8,10-12H2,(H,24,27). The number of aromatic nitrogens is 3. The molecular formula is C21H19ClN4O3. The Hall–Kier alpha value is -2.90. The van der Waals surface area contributed by atoms with Crippen molar-refractivity contribution in [3.05, 3.63) is 64.7 Å². The maximum absolute atomic E-state index is 13.2. The molecule has 1 aromatic carbocycles. The van der Waals surface area contributed by atoms with Gasteiger partial charge in [0.15, 0.2) is 5.69 Å². The number of benzene rings is 1. The minimum Gasteiger partial charge on any atom is -0.491 e. The summed E-state index contributed by atoms with van der Waals surface area (Å²) in [5.41, 5.74) is 2.79. The van der Waals surface area contributed by atoms with Gasteiger partial charge in [0, 0.05) is 17.8 Å². The lowest BCUT2D eigenvalue weighted by Crippen LogP contribution is -2.43. The molecule has 0 spiro atoms. The molecule has 4 heterocycles. The van der Waals surface area contributed by atoms with Crippen LogP contribution in [-0.2, 0) is 24.3 Å². The first-order valence-electron chi connectivity index (χ1n) is 9.49. The van der Waals surface area contributed by atoms with E-state index in [4.69, 9.17) is 21.1 Å². The van der Waals surface area contributed by atoms with Gasteiger partial charge in [-0.05, 0) is 42.3 Å². The predicted octanol–water partition coefficient (Wildman–Crippen LogP) is 2.86. The second kappa shape index (κ2) is 7.50. The van der Waals surface area contributed by atoms with Crippen LogP contribution >= 0.6 is 11.6 Å². The molecule has 0 aliphatic carbocycles. The number of carbonyl (C=O) groups is 1. The van der Waals surface area contributed by atoms with E-state index in [1.807, 2.05) is 34.9 Å². The number of halogens is 1. The largest absolute Gasteiger partial charge is 0.491 e. The van der Waals surface area contributed by atoms with E-state index in [-0.39, 0.29) is 11.9 Å². The number of amides is 1. The highest BCUT2D eigenvalue weighted by molar-refractivity contribution is 6.30. The Morgan fingerprint density at radius 2 is 2.21 bits per heavy atom. The van der Waals surface area contributed by atoms with Crippen LogP contribution in [0.25, 0.3) is 11.4 Å². The first-order valence-corrected chi connectivity index (χ1v) is 9.87. The molecule has 1 amide bonds. The highest BCUT2D eigenvalue weighted by atomic mass is 35.5. The summed E-state index contributed by atoms with van der Waals surface area (Å²) in [5, 5.41) is 3.71. The molecule has 2 aliphatic heterocycles. The smallest absolute Gasteiger partial charge is 0.272 e. The molecule has 0 fully saturated rings. The Morgan fingerprint density at radius 3 is 3.07 bits per heavy atom. The molecule has 8 heteroatoms. The molecular weight excluding hydrogens is 392 g/mol. The summed E-state index contributed by atoms with van der Waals surface area (Å²) in [6.07, 6.45) is 2.36. The van der Waals surface area contributed by atoms with E-state index >= 15 is 0 Å². The Morgan fingerprint density at radius 1 is 1.28 bits per heavy atom. The Balaban J connectivity index is 1.44. The molecule has 1 N–H and O–H groups in total. The average molecular weight is 411 g/mol. The predicted molar refractivity (Wildman–Crippen MR) is 107 cm³/mol. The van der Waals surface area contributed by atoms with Gasteiger partial charge >= 0.3 is 0 Å². The zero-order valence-electron chi connectivity index (χ0n) is 15.6. The summed E-state index contributed by atoms with van der Waals surface area (Å²) in [6.45, 7) is 2.00. The summed E-state index contributed by atoms with van der Waals surface area (Å²) in [7, 11) is 0. The van der Waals surface area contributed by atoms with Gasteiger partial charge in [-0.1, -0.05) is 17.7 Å². The molecule has 3 aromatic rings. The van der Waals surface area contributed by atoms with Gasteiger partial charge in [0.05, 0.1) is 18.3 Å². The highest BCUT2D eigenvalue weighted by Gasteiger charge is 2.29. The second-order valence-electron chi connectivity index (χ2n) is 7.08. The van der Waals surface area contributed by atoms with Crippen LogP contribution in [0.4, 0.5) is 0 Å². The first kappa shape index (κ1) is 18.1. The van der Waals surface area contributed by atoms with Crippen LogP contribution in [0.1, 0.15) is 21.9 Å². The second-order valence-corrected chi connectivity index (χ2v) is 7.52. The number of fused-ring (bicyclic) bond motifs is 2. The molecule has 148 valence electrons. The van der Waals surface area contributed by atoms with Gasteiger partial charge in [0.1, 0.15) is 30.5 Å². The van der Waals surface area contributed by atoms with Crippen LogP contribution in [0.2, 0.25) is 5.02 Å². The van der Waals surface area contributed by atoms with Crippen LogP contribution in [0.15, 0.2) is 42.6 Å². The van der Waals surface area contributed by atoms with Crippen molar-refractivity contribution in [1.29, 1.82) is 0 Å². The number of hydrogen-bond acceptors (Lipinski definition) is 5. The van der Waals surface area contributed by atoms with Gasteiger partial charge in [-0.3, -0.25) is 9.78 Å². The lowest BCUT2D eigenvalue weighted by atomic mass is 10.0. The summed E-state index contributed by atoms with van der Waals surface area (Å²) in [5.74, 6) is 1.30. The molecule has 1 atom stereocenters. The van der Waals surface area contributed by atoms with Crippen LogP contribution in [-0.4, -0.2) is 39.7 Å². The van der Waals surface area contributed by atoms with Crippen LogP contribution < -0.4 is 10.1 Å². The van der Waals surface area contributed by atoms with Crippen molar-refractivity contribution >= 4 is 17.5 Å². The molecule has 0 saturated heterocycles.